The van der Waals surface area contributed by atoms with Crippen molar-refractivity contribution in [3.63, 3.8) is 0 Å². The van der Waals surface area contributed by atoms with E-state index in [4.69, 9.17) is 16.7 Å². The summed E-state index contributed by atoms with van der Waals surface area (Å²) in [6.45, 7) is 1.85. The molecule has 0 bridgehead atoms. The first kappa shape index (κ1) is 9.81. The van der Waals surface area contributed by atoms with Crippen molar-refractivity contribution in [2.45, 2.75) is 6.92 Å². The summed E-state index contributed by atoms with van der Waals surface area (Å²) in [6, 6.07) is 4.61. The van der Waals surface area contributed by atoms with E-state index >= 15 is 0 Å². The van der Waals surface area contributed by atoms with E-state index in [-0.39, 0.29) is 5.56 Å². The Balaban J connectivity index is 3.18. The van der Waals surface area contributed by atoms with Gasteiger partial charge in [0.2, 0.25) is 0 Å². The normalized spacial score (nSPS) is 10.6. The number of benzene rings is 1. The molecule has 3 heteroatoms. The van der Waals surface area contributed by atoms with E-state index in [0.29, 0.717) is 5.02 Å². The number of carboxylic acid groups (broad SMARTS) is 1. The maximum absolute atomic E-state index is 10.6. The van der Waals surface area contributed by atoms with Crippen LogP contribution in [-0.2, 0) is 0 Å². The summed E-state index contributed by atoms with van der Waals surface area (Å²) >= 11 is 5.84. The lowest BCUT2D eigenvalue weighted by Gasteiger charge is -1.99. The molecule has 0 saturated heterocycles. The van der Waals surface area contributed by atoms with Crippen molar-refractivity contribution in [3.05, 3.63) is 40.4 Å². The molecule has 0 spiro atoms. The molecule has 0 aliphatic rings. The topological polar surface area (TPSA) is 37.3 Å². The van der Waals surface area contributed by atoms with Gasteiger partial charge in [0, 0.05) is 5.02 Å². The number of allylic oxidation sites excluding steroid dienone is 1. The molecular formula is C10H9ClO2. The maximum atomic E-state index is 10.6. The number of halogens is 1. The number of hydrogen-bond donors (Lipinski definition) is 1. The van der Waals surface area contributed by atoms with Crippen molar-refractivity contribution in [1.82, 2.24) is 0 Å². The Morgan fingerprint density at radius 1 is 1.54 bits per heavy atom. The lowest BCUT2D eigenvalue weighted by atomic mass is 10.1. The molecule has 0 heterocycles. The smallest absolute Gasteiger partial charge is 0.335 e. The van der Waals surface area contributed by atoms with Gasteiger partial charge in [0.1, 0.15) is 0 Å². The lowest BCUT2D eigenvalue weighted by molar-refractivity contribution is 0.0697. The Morgan fingerprint density at radius 3 is 2.77 bits per heavy atom. The predicted octanol–water partition coefficient (Wildman–Crippen LogP) is 3.07. The summed E-state index contributed by atoms with van der Waals surface area (Å²) in [5, 5.41) is 9.26. The van der Waals surface area contributed by atoms with Crippen LogP contribution < -0.4 is 0 Å². The molecule has 1 aromatic rings. The van der Waals surface area contributed by atoms with Crippen molar-refractivity contribution < 1.29 is 9.90 Å². The third-order valence-corrected chi connectivity index (χ3v) is 1.93. The molecule has 0 amide bonds. The van der Waals surface area contributed by atoms with Crippen LogP contribution in [0, 0.1) is 0 Å². The second kappa shape index (κ2) is 4.10. The van der Waals surface area contributed by atoms with Crippen LogP contribution in [0.15, 0.2) is 24.3 Å². The fraction of sp³-hybridized carbons (Fsp3) is 0.100. The third-order valence-electron chi connectivity index (χ3n) is 1.59. The largest absolute Gasteiger partial charge is 0.478 e. The SMILES string of the molecule is C/C=C/c1cc(C(=O)O)ccc1Cl. The molecular weight excluding hydrogens is 188 g/mol. The van der Waals surface area contributed by atoms with E-state index in [2.05, 4.69) is 0 Å². The molecule has 0 fully saturated rings. The quantitative estimate of drug-likeness (QED) is 0.790. The molecule has 0 aliphatic carbocycles. The average Bonchev–Trinajstić information content (AvgIpc) is 2.08. The minimum atomic E-state index is -0.942. The van der Waals surface area contributed by atoms with Crippen molar-refractivity contribution in [1.29, 1.82) is 0 Å². The molecule has 2 nitrogen and oxygen atoms in total. The molecule has 1 aromatic carbocycles. The molecule has 13 heavy (non-hydrogen) atoms. The van der Waals surface area contributed by atoms with Crippen LogP contribution >= 0.6 is 11.6 Å². The van der Waals surface area contributed by atoms with Gasteiger partial charge in [-0.15, -0.1) is 0 Å². The first-order valence-corrected chi connectivity index (χ1v) is 4.18. The fourth-order valence-electron chi connectivity index (χ4n) is 0.984. The summed E-state index contributed by atoms with van der Waals surface area (Å²) in [5.74, 6) is -0.942. The van der Waals surface area contributed by atoms with Gasteiger partial charge in [-0.2, -0.15) is 0 Å². The minimum Gasteiger partial charge on any atom is -0.478 e. The third kappa shape index (κ3) is 2.33. The minimum absolute atomic E-state index is 0.248. The second-order valence-electron chi connectivity index (χ2n) is 2.54. The van der Waals surface area contributed by atoms with E-state index in [0.717, 1.165) is 5.56 Å². The Kier molecular flexibility index (Phi) is 3.09. The standard InChI is InChI=1S/C10H9ClO2/c1-2-3-7-6-8(10(12)13)4-5-9(7)11/h2-6H,1H3,(H,12,13)/b3-2+. The molecule has 0 unspecified atom stereocenters. The van der Waals surface area contributed by atoms with E-state index in [1.807, 2.05) is 13.0 Å². The summed E-state index contributed by atoms with van der Waals surface area (Å²) in [5.41, 5.74) is 0.974. The average molecular weight is 197 g/mol. The van der Waals surface area contributed by atoms with Crippen LogP contribution in [-0.4, -0.2) is 11.1 Å². The van der Waals surface area contributed by atoms with Crippen LogP contribution in [0.4, 0.5) is 0 Å². The van der Waals surface area contributed by atoms with E-state index in [9.17, 15) is 4.79 Å². The zero-order valence-electron chi connectivity index (χ0n) is 7.12. The van der Waals surface area contributed by atoms with Gasteiger partial charge in [0.05, 0.1) is 5.56 Å². The summed E-state index contributed by atoms with van der Waals surface area (Å²) < 4.78 is 0. The predicted molar refractivity (Wildman–Crippen MR) is 53.1 cm³/mol. The number of aromatic carboxylic acids is 1. The zero-order chi connectivity index (χ0) is 9.84. The number of hydrogen-bond acceptors (Lipinski definition) is 1. The first-order valence-electron chi connectivity index (χ1n) is 3.80. The Labute approximate surface area is 81.5 Å². The summed E-state index contributed by atoms with van der Waals surface area (Å²) in [4.78, 5) is 10.6. The summed E-state index contributed by atoms with van der Waals surface area (Å²) in [6.07, 6.45) is 3.58. The van der Waals surface area contributed by atoms with Crippen molar-refractivity contribution in [3.8, 4) is 0 Å². The van der Waals surface area contributed by atoms with Gasteiger partial charge in [0.25, 0.3) is 0 Å². The van der Waals surface area contributed by atoms with E-state index in [1.165, 1.54) is 6.07 Å². The molecule has 0 radical (unpaired) electrons. The number of carbonyl (C=O) groups is 1. The summed E-state index contributed by atoms with van der Waals surface area (Å²) in [7, 11) is 0. The second-order valence-corrected chi connectivity index (χ2v) is 2.95. The molecule has 0 aliphatic heterocycles. The Hall–Kier alpha value is -1.28. The van der Waals surface area contributed by atoms with Gasteiger partial charge in [-0.25, -0.2) is 4.79 Å². The van der Waals surface area contributed by atoms with Gasteiger partial charge in [0.15, 0.2) is 0 Å². The van der Waals surface area contributed by atoms with Gasteiger partial charge in [-0.05, 0) is 30.7 Å². The lowest BCUT2D eigenvalue weighted by Crippen LogP contribution is -1.96. The molecule has 1 N–H and O–H groups in total. The molecule has 0 saturated carbocycles. The van der Waals surface area contributed by atoms with Gasteiger partial charge < -0.3 is 5.11 Å². The highest BCUT2D eigenvalue weighted by Gasteiger charge is 2.04. The van der Waals surface area contributed by atoms with Crippen LogP contribution in [0.1, 0.15) is 22.8 Å². The van der Waals surface area contributed by atoms with Crippen LogP contribution in [0.5, 0.6) is 0 Å². The first-order chi connectivity index (χ1) is 6.15. The maximum Gasteiger partial charge on any atom is 0.335 e. The zero-order valence-corrected chi connectivity index (χ0v) is 7.88. The molecule has 1 rings (SSSR count). The van der Waals surface area contributed by atoms with Crippen LogP contribution in [0.25, 0.3) is 6.08 Å². The van der Waals surface area contributed by atoms with Gasteiger partial charge in [-0.3, -0.25) is 0 Å². The molecule has 0 aromatic heterocycles. The molecule has 68 valence electrons. The number of carboxylic acids is 1. The van der Waals surface area contributed by atoms with Crippen molar-refractivity contribution >= 4 is 23.6 Å². The van der Waals surface area contributed by atoms with Crippen LogP contribution in [0.2, 0.25) is 5.02 Å². The highest BCUT2D eigenvalue weighted by atomic mass is 35.5. The fourth-order valence-corrected chi connectivity index (χ4v) is 1.16. The Bertz CT molecular complexity index is 356. The van der Waals surface area contributed by atoms with E-state index in [1.54, 1.807) is 18.2 Å². The highest BCUT2D eigenvalue weighted by molar-refractivity contribution is 6.32. The van der Waals surface area contributed by atoms with Gasteiger partial charge >= 0.3 is 5.97 Å². The number of rotatable bonds is 2. The monoisotopic (exact) mass is 196 g/mol. The van der Waals surface area contributed by atoms with Crippen molar-refractivity contribution in [2.75, 3.05) is 0 Å². The van der Waals surface area contributed by atoms with Crippen LogP contribution in [0.3, 0.4) is 0 Å². The Morgan fingerprint density at radius 2 is 2.23 bits per heavy atom. The van der Waals surface area contributed by atoms with E-state index < -0.39 is 5.97 Å². The van der Waals surface area contributed by atoms with Crippen molar-refractivity contribution in [2.24, 2.45) is 0 Å². The molecule has 0 atom stereocenters. The van der Waals surface area contributed by atoms with Gasteiger partial charge in [-0.1, -0.05) is 23.8 Å². The highest BCUT2D eigenvalue weighted by Crippen LogP contribution is 2.18.